The Morgan fingerprint density at radius 3 is 2.35 bits per heavy atom. The second-order valence-corrected chi connectivity index (χ2v) is 4.31. The first-order chi connectivity index (χ1) is 7.69. The molecule has 1 aromatic heterocycles. The van der Waals surface area contributed by atoms with Crippen molar-refractivity contribution in [3.8, 4) is 0 Å². The predicted octanol–water partition coefficient (Wildman–Crippen LogP) is 3.22. The monoisotopic (exact) mass is 267 g/mol. The van der Waals surface area contributed by atoms with Crippen LogP contribution in [0, 0.1) is 6.92 Å². The summed E-state index contributed by atoms with van der Waals surface area (Å²) >= 11 is 5.64. The summed E-state index contributed by atoms with van der Waals surface area (Å²) in [5.74, 6) is 0.190. The number of aromatic nitrogens is 2. The molecule has 0 radical (unpaired) electrons. The van der Waals surface area contributed by atoms with E-state index in [1.807, 2.05) is 0 Å². The van der Waals surface area contributed by atoms with Gasteiger partial charge in [0, 0.05) is 17.8 Å². The topological polar surface area (TPSA) is 29.0 Å². The van der Waals surface area contributed by atoms with Crippen molar-refractivity contribution < 1.29 is 13.2 Å². The Bertz CT molecular complexity index is 373. The maximum Gasteiger partial charge on any atom is 0.405 e. The average Bonchev–Trinajstić information content (AvgIpc) is 2.10. The lowest BCUT2D eigenvalue weighted by Gasteiger charge is -2.28. The van der Waals surface area contributed by atoms with Gasteiger partial charge in [-0.15, -0.1) is 0 Å². The van der Waals surface area contributed by atoms with E-state index in [4.69, 9.17) is 11.6 Å². The second-order valence-electron chi connectivity index (χ2n) is 3.97. The maximum absolute atomic E-state index is 12.4. The van der Waals surface area contributed by atoms with Crippen molar-refractivity contribution in [3.05, 3.63) is 17.0 Å². The molecule has 0 bridgehead atoms. The van der Waals surface area contributed by atoms with E-state index in [0.29, 0.717) is 5.69 Å². The first-order valence-electron chi connectivity index (χ1n) is 5.03. The zero-order chi connectivity index (χ0) is 13.2. The number of rotatable bonds is 3. The molecule has 17 heavy (non-hydrogen) atoms. The standard InChI is InChI=1S/C10H13ClF3N3/c1-6(2)17(5-10(12,13)14)8-4-7(3)15-9(11)16-8/h4,6H,5H2,1-3H3. The summed E-state index contributed by atoms with van der Waals surface area (Å²) in [4.78, 5) is 8.78. The fourth-order valence-corrected chi connectivity index (χ4v) is 1.60. The largest absolute Gasteiger partial charge is 0.405 e. The zero-order valence-electron chi connectivity index (χ0n) is 9.72. The van der Waals surface area contributed by atoms with Crippen LogP contribution in [-0.2, 0) is 0 Å². The Labute approximate surface area is 103 Å². The predicted molar refractivity (Wildman–Crippen MR) is 60.3 cm³/mol. The highest BCUT2D eigenvalue weighted by Gasteiger charge is 2.32. The van der Waals surface area contributed by atoms with Gasteiger partial charge in [-0.25, -0.2) is 9.97 Å². The van der Waals surface area contributed by atoms with E-state index in [2.05, 4.69) is 9.97 Å². The minimum atomic E-state index is -4.28. The summed E-state index contributed by atoms with van der Waals surface area (Å²) < 4.78 is 37.3. The van der Waals surface area contributed by atoms with Crippen molar-refractivity contribution in [2.75, 3.05) is 11.4 Å². The fourth-order valence-electron chi connectivity index (χ4n) is 1.38. The van der Waals surface area contributed by atoms with E-state index in [9.17, 15) is 13.2 Å². The number of aryl methyl sites for hydroxylation is 1. The summed E-state index contributed by atoms with van der Waals surface area (Å²) in [6, 6.07) is 1.15. The lowest BCUT2D eigenvalue weighted by Crippen LogP contribution is -2.39. The number of hydrogen-bond acceptors (Lipinski definition) is 3. The van der Waals surface area contributed by atoms with Gasteiger partial charge in [0.25, 0.3) is 0 Å². The molecule has 1 heterocycles. The van der Waals surface area contributed by atoms with Crippen molar-refractivity contribution in [2.24, 2.45) is 0 Å². The minimum absolute atomic E-state index is 0.0483. The number of anilines is 1. The van der Waals surface area contributed by atoms with Crippen LogP contribution in [0.3, 0.4) is 0 Å². The highest BCUT2D eigenvalue weighted by Crippen LogP contribution is 2.23. The first-order valence-corrected chi connectivity index (χ1v) is 5.41. The lowest BCUT2D eigenvalue weighted by atomic mass is 10.3. The Morgan fingerprint density at radius 1 is 1.35 bits per heavy atom. The molecule has 0 saturated carbocycles. The molecular weight excluding hydrogens is 255 g/mol. The summed E-state index contributed by atoms with van der Waals surface area (Å²) in [5, 5.41) is -0.0483. The smallest absolute Gasteiger partial charge is 0.345 e. The van der Waals surface area contributed by atoms with E-state index in [0.717, 1.165) is 4.90 Å². The number of halogens is 4. The molecule has 0 aliphatic rings. The van der Waals surface area contributed by atoms with Crippen LogP contribution in [0.2, 0.25) is 5.28 Å². The van der Waals surface area contributed by atoms with E-state index in [1.54, 1.807) is 20.8 Å². The zero-order valence-corrected chi connectivity index (χ0v) is 10.5. The van der Waals surface area contributed by atoms with Crippen LogP contribution in [0.4, 0.5) is 19.0 Å². The van der Waals surface area contributed by atoms with Gasteiger partial charge in [-0.3, -0.25) is 0 Å². The van der Waals surface area contributed by atoms with Gasteiger partial charge >= 0.3 is 6.18 Å². The van der Waals surface area contributed by atoms with Crippen LogP contribution in [0.25, 0.3) is 0 Å². The molecule has 0 fully saturated rings. The quantitative estimate of drug-likeness (QED) is 0.788. The van der Waals surface area contributed by atoms with Gasteiger partial charge < -0.3 is 4.90 Å². The molecule has 0 spiro atoms. The van der Waals surface area contributed by atoms with Crippen molar-refractivity contribution in [1.82, 2.24) is 9.97 Å². The molecule has 1 rings (SSSR count). The third kappa shape index (κ3) is 4.38. The van der Waals surface area contributed by atoms with Gasteiger partial charge in [0.2, 0.25) is 5.28 Å². The third-order valence-electron chi connectivity index (χ3n) is 2.08. The fraction of sp³-hybridized carbons (Fsp3) is 0.600. The molecular formula is C10H13ClF3N3. The van der Waals surface area contributed by atoms with E-state index < -0.39 is 12.7 Å². The summed E-state index contributed by atoms with van der Waals surface area (Å²) in [6.45, 7) is 3.93. The van der Waals surface area contributed by atoms with Crippen LogP contribution in [-0.4, -0.2) is 28.7 Å². The Kier molecular flexibility index (Phi) is 4.19. The van der Waals surface area contributed by atoms with Crippen LogP contribution < -0.4 is 4.90 Å². The summed E-state index contributed by atoms with van der Waals surface area (Å²) in [6.07, 6.45) is -4.28. The summed E-state index contributed by atoms with van der Waals surface area (Å²) in [5.41, 5.74) is 0.535. The van der Waals surface area contributed by atoms with Crippen LogP contribution in [0.1, 0.15) is 19.5 Å². The van der Waals surface area contributed by atoms with Gasteiger partial charge in [-0.1, -0.05) is 0 Å². The maximum atomic E-state index is 12.4. The molecule has 0 N–H and O–H groups in total. The average molecular weight is 268 g/mol. The van der Waals surface area contributed by atoms with Gasteiger partial charge in [0.1, 0.15) is 12.4 Å². The Balaban J connectivity index is 3.05. The highest BCUT2D eigenvalue weighted by atomic mass is 35.5. The van der Waals surface area contributed by atoms with Crippen LogP contribution >= 0.6 is 11.6 Å². The molecule has 3 nitrogen and oxygen atoms in total. The molecule has 0 saturated heterocycles. The molecule has 0 aromatic carbocycles. The van der Waals surface area contributed by atoms with Gasteiger partial charge in [0.15, 0.2) is 0 Å². The molecule has 0 aliphatic heterocycles. The number of alkyl halides is 3. The molecule has 0 atom stereocenters. The van der Waals surface area contributed by atoms with Crippen molar-refractivity contribution in [3.63, 3.8) is 0 Å². The second kappa shape index (κ2) is 5.08. The molecule has 0 unspecified atom stereocenters. The SMILES string of the molecule is Cc1cc(N(CC(F)(F)F)C(C)C)nc(Cl)n1. The first kappa shape index (κ1) is 14.0. The molecule has 1 aromatic rings. The van der Waals surface area contributed by atoms with E-state index in [1.165, 1.54) is 6.07 Å². The molecule has 96 valence electrons. The Hall–Kier alpha value is -1.04. The van der Waals surface area contributed by atoms with Crippen molar-refractivity contribution in [2.45, 2.75) is 33.0 Å². The third-order valence-corrected chi connectivity index (χ3v) is 2.25. The number of nitrogens with zero attached hydrogens (tertiary/aromatic N) is 3. The van der Waals surface area contributed by atoms with E-state index >= 15 is 0 Å². The van der Waals surface area contributed by atoms with Gasteiger partial charge in [0.05, 0.1) is 0 Å². The van der Waals surface area contributed by atoms with Gasteiger partial charge in [-0.05, 0) is 32.4 Å². The van der Waals surface area contributed by atoms with Crippen molar-refractivity contribution in [1.29, 1.82) is 0 Å². The van der Waals surface area contributed by atoms with Gasteiger partial charge in [-0.2, -0.15) is 13.2 Å². The summed E-state index contributed by atoms with van der Waals surface area (Å²) in [7, 11) is 0. The minimum Gasteiger partial charge on any atom is -0.345 e. The Morgan fingerprint density at radius 2 is 1.94 bits per heavy atom. The highest BCUT2D eigenvalue weighted by molar-refractivity contribution is 6.28. The van der Waals surface area contributed by atoms with E-state index in [-0.39, 0.29) is 17.1 Å². The lowest BCUT2D eigenvalue weighted by molar-refractivity contribution is -0.120. The molecule has 0 amide bonds. The van der Waals surface area contributed by atoms with Crippen LogP contribution in [0.15, 0.2) is 6.07 Å². The normalized spacial score (nSPS) is 12.0. The molecule has 7 heteroatoms. The van der Waals surface area contributed by atoms with Crippen LogP contribution in [0.5, 0.6) is 0 Å². The molecule has 0 aliphatic carbocycles. The van der Waals surface area contributed by atoms with Crippen molar-refractivity contribution >= 4 is 17.4 Å². The number of hydrogen-bond donors (Lipinski definition) is 0.